The van der Waals surface area contributed by atoms with Gasteiger partial charge in [0, 0.05) is 25.2 Å². The number of rotatable bonds is 0. The average Bonchev–Trinajstić information content (AvgIpc) is 3.09. The van der Waals surface area contributed by atoms with Gasteiger partial charge in [-0.3, -0.25) is 29.0 Å². The lowest BCUT2D eigenvalue weighted by atomic mass is 9.80. The average molecular weight is 388 g/mol. The second kappa shape index (κ2) is 5.47. The highest BCUT2D eigenvalue weighted by Gasteiger charge is 2.57. The molecular weight excluding hydrogens is 372 g/mol. The lowest BCUT2D eigenvalue weighted by Crippen LogP contribution is -2.63. The van der Waals surface area contributed by atoms with Gasteiger partial charge in [-0.25, -0.2) is 4.79 Å². The lowest BCUT2D eigenvalue weighted by molar-refractivity contribution is -0.156. The first kappa shape index (κ1) is 17.5. The number of hydrogen-bond donors (Lipinski definition) is 0. The molecule has 29 heavy (non-hydrogen) atoms. The number of carbonyl (C=O) groups is 5. The first-order chi connectivity index (χ1) is 13.7. The van der Waals surface area contributed by atoms with Crippen LogP contribution in [0.2, 0.25) is 0 Å². The molecule has 0 N–H and O–H groups in total. The Kier molecular flexibility index (Phi) is 3.30. The van der Waals surface area contributed by atoms with Gasteiger partial charge in [0.2, 0.25) is 11.8 Å². The fraction of sp³-hybridized carbons (Fsp3) is 0.227. The van der Waals surface area contributed by atoms with Gasteiger partial charge in [-0.2, -0.15) is 0 Å². The molecule has 144 valence electrons. The van der Waals surface area contributed by atoms with Crippen LogP contribution < -0.4 is 0 Å². The highest BCUT2D eigenvalue weighted by molar-refractivity contribution is 6.24. The third-order valence-corrected chi connectivity index (χ3v) is 6.20. The summed E-state index contributed by atoms with van der Waals surface area (Å²) in [6.07, 6.45) is 2.92. The number of benzene rings is 2. The van der Waals surface area contributed by atoms with E-state index in [-0.39, 0.29) is 24.4 Å². The molecular formula is C22H16N2O5. The Morgan fingerprint density at radius 1 is 0.690 bits per heavy atom. The van der Waals surface area contributed by atoms with Gasteiger partial charge in [0.1, 0.15) is 5.41 Å². The number of urea groups is 1. The van der Waals surface area contributed by atoms with E-state index in [1.54, 1.807) is 12.1 Å². The number of hydrogen-bond acceptors (Lipinski definition) is 5. The first-order valence-electron chi connectivity index (χ1n) is 9.19. The first-order valence-corrected chi connectivity index (χ1v) is 9.19. The maximum atomic E-state index is 12.9. The van der Waals surface area contributed by atoms with Crippen LogP contribution in [-0.4, -0.2) is 53.3 Å². The molecule has 1 spiro atoms. The summed E-state index contributed by atoms with van der Waals surface area (Å²) >= 11 is 0. The summed E-state index contributed by atoms with van der Waals surface area (Å²) in [7, 11) is 2.76. The standard InChI is InChI=1S/C22H16N2O5/c1-23-19(27)22(20(28)24(2)21(23)29)9-13-5-11-7-15-16(18(26)4-3-17(15)25)8-12(11)6-14(13)10-22/h3-8H,9-10H2,1-2H3. The Labute approximate surface area is 165 Å². The maximum absolute atomic E-state index is 12.9. The summed E-state index contributed by atoms with van der Waals surface area (Å²) in [6.45, 7) is 0. The van der Waals surface area contributed by atoms with E-state index in [9.17, 15) is 24.0 Å². The Morgan fingerprint density at radius 3 is 1.52 bits per heavy atom. The number of imide groups is 2. The third kappa shape index (κ3) is 2.15. The van der Waals surface area contributed by atoms with Crippen molar-refractivity contribution in [3.05, 3.63) is 58.7 Å². The van der Waals surface area contributed by atoms with E-state index in [4.69, 9.17) is 0 Å². The van der Waals surface area contributed by atoms with Gasteiger partial charge in [-0.1, -0.05) is 12.1 Å². The van der Waals surface area contributed by atoms with Crippen LogP contribution in [-0.2, 0) is 22.4 Å². The second-order valence-corrected chi connectivity index (χ2v) is 7.87. The van der Waals surface area contributed by atoms with Crippen molar-refractivity contribution < 1.29 is 24.0 Å². The quantitative estimate of drug-likeness (QED) is 0.643. The van der Waals surface area contributed by atoms with Crippen LogP contribution in [0, 0.1) is 5.41 Å². The SMILES string of the molecule is CN1C(=O)N(C)C(=O)C2(Cc3cc4cc5c(cc4cc3C2)C(=O)C=CC5=O)C1=O. The molecule has 0 aromatic heterocycles. The Morgan fingerprint density at radius 2 is 1.10 bits per heavy atom. The van der Waals surface area contributed by atoms with Crippen molar-refractivity contribution in [1.29, 1.82) is 0 Å². The molecule has 1 aliphatic heterocycles. The highest BCUT2D eigenvalue weighted by atomic mass is 16.2. The van der Waals surface area contributed by atoms with Crippen molar-refractivity contribution >= 4 is 40.2 Å². The summed E-state index contributed by atoms with van der Waals surface area (Å²) in [6, 6.07) is 6.47. The highest BCUT2D eigenvalue weighted by Crippen LogP contribution is 2.43. The topological polar surface area (TPSA) is 91.8 Å². The predicted octanol–water partition coefficient (Wildman–Crippen LogP) is 1.91. The van der Waals surface area contributed by atoms with Crippen LogP contribution in [0.15, 0.2) is 36.4 Å². The summed E-state index contributed by atoms with van der Waals surface area (Å²) in [5, 5.41) is 1.54. The molecule has 1 saturated heterocycles. The zero-order valence-corrected chi connectivity index (χ0v) is 15.8. The summed E-state index contributed by atoms with van der Waals surface area (Å²) < 4.78 is 0. The van der Waals surface area contributed by atoms with Gasteiger partial charge in [-0.15, -0.1) is 0 Å². The second-order valence-electron chi connectivity index (χ2n) is 7.87. The van der Waals surface area contributed by atoms with Crippen molar-refractivity contribution in [2.75, 3.05) is 14.1 Å². The number of carbonyl (C=O) groups excluding carboxylic acids is 5. The number of amides is 4. The number of fused-ring (bicyclic) bond motifs is 3. The minimum Gasteiger partial charge on any atom is -0.289 e. The number of barbiturate groups is 1. The number of ketones is 2. The Bertz CT molecular complexity index is 1150. The molecule has 7 nitrogen and oxygen atoms in total. The molecule has 2 aromatic carbocycles. The van der Waals surface area contributed by atoms with Gasteiger partial charge in [0.15, 0.2) is 11.6 Å². The maximum Gasteiger partial charge on any atom is 0.332 e. The fourth-order valence-corrected chi connectivity index (χ4v) is 4.66. The molecule has 0 atom stereocenters. The van der Waals surface area contributed by atoms with Crippen molar-refractivity contribution in [3.8, 4) is 0 Å². The molecule has 0 bridgehead atoms. The van der Waals surface area contributed by atoms with Crippen LogP contribution in [0.5, 0.6) is 0 Å². The minimum atomic E-state index is -1.33. The molecule has 3 aliphatic rings. The van der Waals surface area contributed by atoms with E-state index in [2.05, 4.69) is 0 Å². The van der Waals surface area contributed by atoms with Gasteiger partial charge in [0.25, 0.3) is 0 Å². The van der Waals surface area contributed by atoms with E-state index in [1.165, 1.54) is 26.2 Å². The van der Waals surface area contributed by atoms with Crippen molar-refractivity contribution in [3.63, 3.8) is 0 Å². The van der Waals surface area contributed by atoms with Crippen LogP contribution >= 0.6 is 0 Å². The molecule has 2 aliphatic carbocycles. The zero-order chi connectivity index (χ0) is 20.7. The fourth-order valence-electron chi connectivity index (χ4n) is 4.66. The Hall–Kier alpha value is -3.61. The molecule has 7 heteroatoms. The molecule has 0 unspecified atom stereocenters. The number of nitrogens with zero attached hydrogens (tertiary/aromatic N) is 2. The van der Waals surface area contributed by atoms with Crippen LogP contribution in [0.3, 0.4) is 0 Å². The zero-order valence-electron chi connectivity index (χ0n) is 15.8. The van der Waals surface area contributed by atoms with Gasteiger partial charge in [-0.05, 0) is 59.0 Å². The smallest absolute Gasteiger partial charge is 0.289 e. The van der Waals surface area contributed by atoms with E-state index in [1.807, 2.05) is 12.1 Å². The summed E-state index contributed by atoms with van der Waals surface area (Å²) in [4.78, 5) is 64.3. The molecule has 4 amide bonds. The monoisotopic (exact) mass is 388 g/mol. The van der Waals surface area contributed by atoms with Crippen molar-refractivity contribution in [2.24, 2.45) is 5.41 Å². The van der Waals surface area contributed by atoms with Gasteiger partial charge >= 0.3 is 6.03 Å². The van der Waals surface area contributed by atoms with Crippen LogP contribution in [0.25, 0.3) is 10.8 Å². The van der Waals surface area contributed by atoms with E-state index in [0.717, 1.165) is 31.7 Å². The molecule has 0 saturated carbocycles. The van der Waals surface area contributed by atoms with Crippen LogP contribution in [0.4, 0.5) is 4.79 Å². The summed E-state index contributed by atoms with van der Waals surface area (Å²) in [5.41, 5.74) is 1.05. The van der Waals surface area contributed by atoms with E-state index < -0.39 is 23.3 Å². The lowest BCUT2D eigenvalue weighted by Gasteiger charge is -2.39. The predicted molar refractivity (Wildman–Crippen MR) is 103 cm³/mol. The normalized spacial score (nSPS) is 20.1. The Balaban J connectivity index is 1.65. The van der Waals surface area contributed by atoms with Gasteiger partial charge in [0.05, 0.1) is 0 Å². The van der Waals surface area contributed by atoms with Crippen LogP contribution in [0.1, 0.15) is 31.8 Å². The summed E-state index contributed by atoms with van der Waals surface area (Å²) in [5.74, 6) is -1.45. The molecule has 1 heterocycles. The molecule has 2 aromatic rings. The minimum absolute atomic E-state index is 0.196. The number of allylic oxidation sites excluding steroid dienone is 2. The largest absolute Gasteiger partial charge is 0.332 e. The molecule has 1 fully saturated rings. The van der Waals surface area contributed by atoms with E-state index >= 15 is 0 Å². The van der Waals surface area contributed by atoms with Crippen molar-refractivity contribution in [2.45, 2.75) is 12.8 Å². The van der Waals surface area contributed by atoms with E-state index in [0.29, 0.717) is 11.1 Å². The third-order valence-electron chi connectivity index (χ3n) is 6.20. The van der Waals surface area contributed by atoms with Gasteiger partial charge < -0.3 is 0 Å². The van der Waals surface area contributed by atoms with Crippen molar-refractivity contribution in [1.82, 2.24) is 9.80 Å². The molecule has 0 radical (unpaired) electrons. The molecule has 5 rings (SSSR count).